The highest BCUT2D eigenvalue weighted by Gasteiger charge is 2.40. The summed E-state index contributed by atoms with van der Waals surface area (Å²) < 4.78 is 14.6. The highest BCUT2D eigenvalue weighted by Crippen LogP contribution is 2.39. The van der Waals surface area contributed by atoms with Crippen LogP contribution in [0.3, 0.4) is 0 Å². The first-order valence-corrected chi connectivity index (χ1v) is 10.8. The molecule has 8 nitrogen and oxygen atoms in total. The number of piperidine rings is 1. The summed E-state index contributed by atoms with van der Waals surface area (Å²) in [6, 6.07) is 5.84. The van der Waals surface area contributed by atoms with Crippen LogP contribution < -0.4 is 0 Å². The van der Waals surface area contributed by atoms with Crippen molar-refractivity contribution in [1.82, 2.24) is 25.1 Å². The molecule has 1 aliphatic heterocycles. The Morgan fingerprint density at radius 1 is 1.29 bits per heavy atom. The second kappa shape index (κ2) is 9.27. The Morgan fingerprint density at radius 3 is 2.77 bits per heavy atom. The Labute approximate surface area is 184 Å². The molecule has 0 amide bonds. The Hall–Kier alpha value is -2.59. The first-order valence-electron chi connectivity index (χ1n) is 10.3. The van der Waals surface area contributed by atoms with Gasteiger partial charge in [0.2, 0.25) is 0 Å². The summed E-state index contributed by atoms with van der Waals surface area (Å²) in [6.07, 6.45) is 4.10. The van der Waals surface area contributed by atoms with Crippen LogP contribution in [0.15, 0.2) is 29.8 Å². The minimum Gasteiger partial charge on any atom is -0.481 e. The van der Waals surface area contributed by atoms with E-state index in [-0.39, 0.29) is 35.7 Å². The van der Waals surface area contributed by atoms with Gasteiger partial charge < -0.3 is 5.11 Å². The summed E-state index contributed by atoms with van der Waals surface area (Å²) in [7, 11) is 0. The number of Topliss-reactive ketones (excluding diaryl/α,β-unsaturated/α-hetero) is 1. The average Bonchev–Trinajstić information content (AvgIpc) is 3.50. The number of carbonyl (C=O) groups is 2. The number of aromatic nitrogens is 4. The SMILES string of the molecule is O=C(O)CCn1nnc(/C=C2/CN(C(C(=O)C3CC3)c3ccccc3F)CCC2S)n1. The van der Waals surface area contributed by atoms with Crippen molar-refractivity contribution in [2.24, 2.45) is 5.92 Å². The van der Waals surface area contributed by atoms with Gasteiger partial charge in [0.15, 0.2) is 11.6 Å². The van der Waals surface area contributed by atoms with Crippen LogP contribution in [0.5, 0.6) is 0 Å². The van der Waals surface area contributed by atoms with Gasteiger partial charge in [-0.05, 0) is 42.2 Å². The lowest BCUT2D eigenvalue weighted by Gasteiger charge is -2.37. The van der Waals surface area contributed by atoms with E-state index in [0.717, 1.165) is 18.4 Å². The Kier molecular flexibility index (Phi) is 6.47. The summed E-state index contributed by atoms with van der Waals surface area (Å²) in [5, 5.41) is 20.8. The molecule has 2 heterocycles. The average molecular weight is 446 g/mol. The van der Waals surface area contributed by atoms with Crippen LogP contribution in [0.2, 0.25) is 0 Å². The molecule has 2 aliphatic rings. The lowest BCUT2D eigenvalue weighted by molar-refractivity contribution is -0.137. The predicted octanol–water partition coefficient (Wildman–Crippen LogP) is 2.39. The minimum absolute atomic E-state index is 0.00145. The molecule has 1 aromatic carbocycles. The van der Waals surface area contributed by atoms with E-state index in [1.807, 2.05) is 4.90 Å². The van der Waals surface area contributed by atoms with E-state index in [1.54, 1.807) is 24.3 Å². The van der Waals surface area contributed by atoms with E-state index in [2.05, 4.69) is 28.0 Å². The smallest absolute Gasteiger partial charge is 0.305 e. The van der Waals surface area contributed by atoms with Gasteiger partial charge in [-0.15, -0.1) is 10.2 Å². The zero-order chi connectivity index (χ0) is 22.0. The van der Waals surface area contributed by atoms with Gasteiger partial charge in [-0.1, -0.05) is 18.2 Å². The molecule has 31 heavy (non-hydrogen) atoms. The summed E-state index contributed by atoms with van der Waals surface area (Å²) in [5.74, 6) is -0.878. The molecule has 0 bridgehead atoms. The molecule has 1 saturated heterocycles. The number of hydrogen-bond acceptors (Lipinski definition) is 7. The number of thiol groups is 1. The lowest BCUT2D eigenvalue weighted by atomic mass is 9.93. The van der Waals surface area contributed by atoms with E-state index in [1.165, 1.54) is 10.9 Å². The monoisotopic (exact) mass is 445 g/mol. The molecule has 1 saturated carbocycles. The Bertz CT molecular complexity index is 1010. The standard InChI is InChI=1S/C21H24FN5O3S/c22-16-4-2-1-3-15(16)20(21(30)13-5-6-13)26-9-7-17(31)14(12-26)11-18-23-25-27(24-18)10-8-19(28)29/h1-4,11,13,17,20,31H,5-10,12H2,(H,28,29)/b14-11-. The number of carboxylic acid groups (broad SMARTS) is 1. The Morgan fingerprint density at radius 2 is 2.06 bits per heavy atom. The van der Waals surface area contributed by atoms with Crippen molar-refractivity contribution in [2.45, 2.75) is 43.5 Å². The van der Waals surface area contributed by atoms with Crippen LogP contribution in [0.25, 0.3) is 6.08 Å². The van der Waals surface area contributed by atoms with E-state index in [0.29, 0.717) is 30.9 Å². The number of tetrazole rings is 1. The van der Waals surface area contributed by atoms with Crippen LogP contribution in [0.4, 0.5) is 4.39 Å². The molecule has 0 spiro atoms. The van der Waals surface area contributed by atoms with E-state index >= 15 is 0 Å². The summed E-state index contributed by atoms with van der Waals surface area (Å²) >= 11 is 4.67. The highest BCUT2D eigenvalue weighted by molar-refractivity contribution is 7.81. The maximum atomic E-state index is 14.6. The fourth-order valence-electron chi connectivity index (χ4n) is 3.84. The summed E-state index contributed by atoms with van der Waals surface area (Å²) in [5.41, 5.74) is 1.33. The van der Waals surface area contributed by atoms with Crippen molar-refractivity contribution < 1.29 is 19.1 Å². The molecular weight excluding hydrogens is 421 g/mol. The number of likely N-dealkylation sites (tertiary alicyclic amines) is 1. The molecule has 10 heteroatoms. The van der Waals surface area contributed by atoms with Crippen LogP contribution in [0.1, 0.15) is 43.1 Å². The lowest BCUT2D eigenvalue weighted by Crippen LogP contribution is -2.42. The van der Waals surface area contributed by atoms with E-state index in [4.69, 9.17) is 5.11 Å². The Balaban J connectivity index is 1.56. The van der Waals surface area contributed by atoms with Crippen molar-refractivity contribution in [3.05, 3.63) is 47.0 Å². The van der Waals surface area contributed by atoms with Crippen LogP contribution >= 0.6 is 12.6 Å². The van der Waals surface area contributed by atoms with Crippen LogP contribution in [0, 0.1) is 11.7 Å². The fraction of sp³-hybridized carbons (Fsp3) is 0.476. The van der Waals surface area contributed by atoms with Gasteiger partial charge in [0.1, 0.15) is 5.82 Å². The van der Waals surface area contributed by atoms with Crippen molar-refractivity contribution in [3.8, 4) is 0 Å². The zero-order valence-electron chi connectivity index (χ0n) is 16.9. The van der Waals surface area contributed by atoms with Gasteiger partial charge in [-0.25, -0.2) is 4.39 Å². The van der Waals surface area contributed by atoms with Gasteiger partial charge in [0.25, 0.3) is 0 Å². The quantitative estimate of drug-likeness (QED) is 0.602. The molecule has 0 radical (unpaired) electrons. The summed E-state index contributed by atoms with van der Waals surface area (Å²) in [6.45, 7) is 1.20. The number of halogens is 1. The van der Waals surface area contributed by atoms with Crippen LogP contribution in [-0.2, 0) is 16.1 Å². The third kappa shape index (κ3) is 5.19. The van der Waals surface area contributed by atoms with Gasteiger partial charge >= 0.3 is 5.97 Å². The molecule has 1 aliphatic carbocycles. The zero-order valence-corrected chi connectivity index (χ0v) is 17.8. The number of aliphatic carboxylic acids is 1. The molecule has 1 N–H and O–H groups in total. The van der Waals surface area contributed by atoms with Crippen molar-refractivity contribution in [3.63, 3.8) is 0 Å². The number of carbonyl (C=O) groups excluding carboxylic acids is 1. The molecular formula is C21H24FN5O3S. The maximum absolute atomic E-state index is 14.6. The first kappa shape index (κ1) is 21.6. The molecule has 1 aromatic heterocycles. The predicted molar refractivity (Wildman–Crippen MR) is 114 cm³/mol. The van der Waals surface area contributed by atoms with E-state index in [9.17, 15) is 14.0 Å². The second-order valence-electron chi connectivity index (χ2n) is 7.98. The van der Waals surface area contributed by atoms with Crippen LogP contribution in [-0.4, -0.2) is 60.3 Å². The number of nitrogens with zero attached hydrogens (tertiary/aromatic N) is 5. The normalized spacial score (nSPS) is 21.9. The van der Waals surface area contributed by atoms with Gasteiger partial charge in [0.05, 0.1) is 19.0 Å². The number of aryl methyl sites for hydroxylation is 1. The number of benzene rings is 1. The minimum atomic E-state index is -0.935. The third-order valence-electron chi connectivity index (χ3n) is 5.63. The topological polar surface area (TPSA) is 101 Å². The van der Waals surface area contributed by atoms with Crippen molar-refractivity contribution >= 4 is 30.5 Å². The number of carboxylic acids is 1. The molecule has 2 unspecified atom stereocenters. The van der Waals surface area contributed by atoms with Crippen molar-refractivity contribution in [1.29, 1.82) is 0 Å². The summed E-state index contributed by atoms with van der Waals surface area (Å²) in [4.78, 5) is 27.1. The first-order chi connectivity index (χ1) is 14.9. The molecule has 164 valence electrons. The molecule has 2 fully saturated rings. The van der Waals surface area contributed by atoms with E-state index < -0.39 is 12.0 Å². The molecule has 2 aromatic rings. The fourth-order valence-corrected chi connectivity index (χ4v) is 4.11. The van der Waals surface area contributed by atoms with Gasteiger partial charge in [-0.3, -0.25) is 14.5 Å². The van der Waals surface area contributed by atoms with Gasteiger partial charge in [-0.2, -0.15) is 17.4 Å². The highest BCUT2D eigenvalue weighted by atomic mass is 32.1. The number of rotatable bonds is 8. The van der Waals surface area contributed by atoms with Crippen molar-refractivity contribution in [2.75, 3.05) is 13.1 Å². The molecule has 2 atom stereocenters. The second-order valence-corrected chi connectivity index (χ2v) is 8.61. The maximum Gasteiger partial charge on any atom is 0.305 e. The number of ketones is 1. The van der Waals surface area contributed by atoms with Gasteiger partial charge in [0, 0.05) is 29.8 Å². The number of hydrogen-bond donors (Lipinski definition) is 2. The largest absolute Gasteiger partial charge is 0.481 e. The molecule has 4 rings (SSSR count). The third-order valence-corrected chi connectivity index (χ3v) is 6.22.